The van der Waals surface area contributed by atoms with Crippen molar-refractivity contribution in [2.75, 3.05) is 6.54 Å². The maximum atomic E-state index is 11.2. The highest BCUT2D eigenvalue weighted by Gasteiger charge is 2.17. The first kappa shape index (κ1) is 7.87. The lowest BCUT2D eigenvalue weighted by Crippen LogP contribution is -2.29. The van der Waals surface area contributed by atoms with Crippen molar-refractivity contribution in [2.24, 2.45) is 5.92 Å². The second-order valence-electron chi connectivity index (χ2n) is 2.56. The molecule has 0 heterocycles. The van der Waals surface area contributed by atoms with E-state index in [1.54, 1.807) is 0 Å². The number of terminal acetylenes is 1. The van der Waals surface area contributed by atoms with Crippen LogP contribution in [0.15, 0.2) is 12.2 Å². The molecule has 0 radical (unpaired) electrons. The molecule has 1 rings (SSSR count). The fraction of sp³-hybridized carbons (Fsp3) is 0.444. The lowest BCUT2D eigenvalue weighted by Gasteiger charge is -2.06. The Morgan fingerprint density at radius 1 is 1.64 bits per heavy atom. The summed E-state index contributed by atoms with van der Waals surface area (Å²) in [5.41, 5.74) is 0. The van der Waals surface area contributed by atoms with Gasteiger partial charge in [0.05, 0.1) is 6.54 Å². The summed E-state index contributed by atoms with van der Waals surface area (Å²) in [6.45, 7) is 0.343. The average Bonchev–Trinajstić information content (AvgIpc) is 2.52. The van der Waals surface area contributed by atoms with Gasteiger partial charge in [0, 0.05) is 5.92 Å². The van der Waals surface area contributed by atoms with E-state index in [2.05, 4.69) is 11.2 Å². The molecule has 11 heavy (non-hydrogen) atoms. The maximum absolute atomic E-state index is 11.2. The van der Waals surface area contributed by atoms with E-state index >= 15 is 0 Å². The number of amides is 1. The molecule has 0 aromatic heterocycles. The van der Waals surface area contributed by atoms with Gasteiger partial charge in [-0.25, -0.2) is 0 Å². The van der Waals surface area contributed by atoms with Gasteiger partial charge in [-0.05, 0) is 12.8 Å². The van der Waals surface area contributed by atoms with Crippen LogP contribution in [0.25, 0.3) is 0 Å². The van der Waals surface area contributed by atoms with Crippen LogP contribution in [0, 0.1) is 18.3 Å². The van der Waals surface area contributed by atoms with Gasteiger partial charge in [0.25, 0.3) is 0 Å². The smallest absolute Gasteiger partial charge is 0.224 e. The molecule has 0 fully saturated rings. The molecule has 1 N–H and O–H groups in total. The second kappa shape index (κ2) is 3.82. The van der Waals surface area contributed by atoms with Gasteiger partial charge >= 0.3 is 0 Å². The van der Waals surface area contributed by atoms with E-state index in [9.17, 15) is 4.79 Å². The van der Waals surface area contributed by atoms with Gasteiger partial charge in [0.15, 0.2) is 0 Å². The molecule has 2 nitrogen and oxygen atoms in total. The number of hydrogen-bond acceptors (Lipinski definition) is 1. The first-order chi connectivity index (χ1) is 5.34. The first-order valence-electron chi connectivity index (χ1n) is 3.70. The molecule has 1 aliphatic carbocycles. The molecule has 1 amide bonds. The summed E-state index contributed by atoms with van der Waals surface area (Å²) in [6, 6.07) is 0. The molecule has 0 aromatic carbocycles. The minimum absolute atomic E-state index is 0.0768. The number of carbonyl (C=O) groups excluding carboxylic acids is 1. The van der Waals surface area contributed by atoms with Crippen LogP contribution in [-0.4, -0.2) is 12.5 Å². The second-order valence-corrected chi connectivity index (χ2v) is 2.56. The Hall–Kier alpha value is -1.23. The lowest BCUT2D eigenvalue weighted by molar-refractivity contribution is -0.124. The Morgan fingerprint density at radius 2 is 2.27 bits per heavy atom. The van der Waals surface area contributed by atoms with Gasteiger partial charge in [0.1, 0.15) is 0 Å². The molecule has 0 atom stereocenters. The van der Waals surface area contributed by atoms with Crippen LogP contribution >= 0.6 is 0 Å². The summed E-state index contributed by atoms with van der Waals surface area (Å²) in [5.74, 6) is 2.57. The highest BCUT2D eigenvalue weighted by Crippen LogP contribution is 2.17. The Labute approximate surface area is 66.7 Å². The van der Waals surface area contributed by atoms with Crippen molar-refractivity contribution in [3.63, 3.8) is 0 Å². The van der Waals surface area contributed by atoms with Gasteiger partial charge in [-0.3, -0.25) is 4.79 Å². The molecular formula is C9H11NO. The molecule has 0 saturated carbocycles. The zero-order valence-electron chi connectivity index (χ0n) is 6.34. The number of rotatable bonds is 2. The van der Waals surface area contributed by atoms with Gasteiger partial charge in [-0.1, -0.05) is 18.1 Å². The van der Waals surface area contributed by atoms with Gasteiger partial charge in [0.2, 0.25) is 5.91 Å². The third-order valence-electron chi connectivity index (χ3n) is 1.74. The van der Waals surface area contributed by atoms with E-state index in [-0.39, 0.29) is 11.8 Å². The molecule has 0 aliphatic heterocycles. The highest BCUT2D eigenvalue weighted by molar-refractivity contribution is 5.79. The summed E-state index contributed by atoms with van der Waals surface area (Å²) in [7, 11) is 0. The molecule has 0 aromatic rings. The summed E-state index contributed by atoms with van der Waals surface area (Å²) < 4.78 is 0. The topological polar surface area (TPSA) is 29.1 Å². The van der Waals surface area contributed by atoms with Gasteiger partial charge in [-0.2, -0.15) is 0 Å². The molecular weight excluding hydrogens is 138 g/mol. The number of nitrogens with one attached hydrogen (secondary N) is 1. The standard InChI is InChI=1S/C9H11NO/c1-2-7-10-9(11)8-5-3-4-6-8/h1,3-4,8H,5-7H2,(H,10,11). The fourth-order valence-corrected chi connectivity index (χ4v) is 1.11. The van der Waals surface area contributed by atoms with Crippen LogP contribution in [0.1, 0.15) is 12.8 Å². The number of hydrogen-bond donors (Lipinski definition) is 1. The zero-order valence-corrected chi connectivity index (χ0v) is 6.34. The Balaban J connectivity index is 2.26. The van der Waals surface area contributed by atoms with Crippen molar-refractivity contribution >= 4 is 5.91 Å². The minimum Gasteiger partial charge on any atom is -0.345 e. The van der Waals surface area contributed by atoms with Crippen molar-refractivity contribution in [1.82, 2.24) is 5.32 Å². The predicted molar refractivity (Wildman–Crippen MR) is 43.7 cm³/mol. The fourth-order valence-electron chi connectivity index (χ4n) is 1.11. The SMILES string of the molecule is C#CCNC(=O)C1CC=CC1. The quantitative estimate of drug-likeness (QED) is 0.454. The number of carbonyl (C=O) groups is 1. The molecule has 2 heteroatoms. The van der Waals surface area contributed by atoms with Gasteiger partial charge < -0.3 is 5.32 Å². The average molecular weight is 149 g/mol. The van der Waals surface area contributed by atoms with E-state index in [4.69, 9.17) is 6.42 Å². The Morgan fingerprint density at radius 3 is 2.82 bits per heavy atom. The number of allylic oxidation sites excluding steroid dienone is 2. The summed E-state index contributed by atoms with van der Waals surface area (Å²) in [5, 5.41) is 2.66. The van der Waals surface area contributed by atoms with E-state index < -0.39 is 0 Å². The molecule has 0 spiro atoms. The van der Waals surface area contributed by atoms with Crippen LogP contribution < -0.4 is 5.32 Å². The third-order valence-corrected chi connectivity index (χ3v) is 1.74. The third kappa shape index (κ3) is 2.12. The van der Waals surface area contributed by atoms with Crippen LogP contribution in [0.4, 0.5) is 0 Å². The van der Waals surface area contributed by atoms with Crippen molar-refractivity contribution in [1.29, 1.82) is 0 Å². The van der Waals surface area contributed by atoms with E-state index in [0.29, 0.717) is 6.54 Å². The predicted octanol–water partition coefficient (Wildman–Crippen LogP) is 0.702. The van der Waals surface area contributed by atoms with Gasteiger partial charge in [-0.15, -0.1) is 6.42 Å². The summed E-state index contributed by atoms with van der Waals surface area (Å²) >= 11 is 0. The molecule has 0 saturated heterocycles. The maximum Gasteiger partial charge on any atom is 0.224 e. The van der Waals surface area contributed by atoms with Crippen LogP contribution in [-0.2, 0) is 4.79 Å². The van der Waals surface area contributed by atoms with Crippen LogP contribution in [0.5, 0.6) is 0 Å². The largest absolute Gasteiger partial charge is 0.345 e. The molecule has 58 valence electrons. The normalized spacial score (nSPS) is 16.3. The van der Waals surface area contributed by atoms with Crippen LogP contribution in [0.3, 0.4) is 0 Å². The van der Waals surface area contributed by atoms with E-state index in [1.807, 2.05) is 12.2 Å². The minimum atomic E-state index is 0.0768. The highest BCUT2D eigenvalue weighted by atomic mass is 16.1. The molecule has 0 unspecified atom stereocenters. The summed E-state index contributed by atoms with van der Waals surface area (Å²) in [4.78, 5) is 11.2. The van der Waals surface area contributed by atoms with Crippen molar-refractivity contribution < 1.29 is 4.79 Å². The molecule has 1 aliphatic rings. The zero-order chi connectivity index (χ0) is 8.10. The summed E-state index contributed by atoms with van der Waals surface area (Å²) in [6.07, 6.45) is 10.8. The monoisotopic (exact) mass is 149 g/mol. The van der Waals surface area contributed by atoms with Crippen molar-refractivity contribution in [3.8, 4) is 12.3 Å². The van der Waals surface area contributed by atoms with E-state index in [1.165, 1.54) is 0 Å². The van der Waals surface area contributed by atoms with Crippen molar-refractivity contribution in [2.45, 2.75) is 12.8 Å². The van der Waals surface area contributed by atoms with Crippen molar-refractivity contribution in [3.05, 3.63) is 12.2 Å². The lowest BCUT2D eigenvalue weighted by atomic mass is 10.1. The Bertz CT molecular complexity index is 204. The Kier molecular flexibility index (Phi) is 2.74. The first-order valence-corrected chi connectivity index (χ1v) is 3.70. The molecule has 0 bridgehead atoms. The van der Waals surface area contributed by atoms with E-state index in [0.717, 1.165) is 12.8 Å². The van der Waals surface area contributed by atoms with Crippen LogP contribution in [0.2, 0.25) is 0 Å².